The van der Waals surface area contributed by atoms with Gasteiger partial charge in [0.2, 0.25) is 5.88 Å². The van der Waals surface area contributed by atoms with Gasteiger partial charge in [0, 0.05) is 12.0 Å². The van der Waals surface area contributed by atoms with E-state index < -0.39 is 10.0 Å². The summed E-state index contributed by atoms with van der Waals surface area (Å²) >= 11 is 6.14. The number of allylic oxidation sites excluding steroid dienone is 1. The Kier molecular flexibility index (Phi) is 8.03. The van der Waals surface area contributed by atoms with Crippen LogP contribution in [0.2, 0.25) is 5.02 Å². The molecule has 6 rings (SSSR count). The smallest absolute Gasteiger partial charge is 0.264 e. The van der Waals surface area contributed by atoms with E-state index in [4.69, 9.17) is 31.8 Å². The van der Waals surface area contributed by atoms with E-state index >= 15 is 0 Å². The SMILES string of the molecule is COc1nc(NS(=O)(=O)c2ccccc2Cl)ccc1-c1nc(C(C)C)n2c(C3=CC[C@@H](NC4COC4)CC3)cnc(N)c12. The molecule has 43 heavy (non-hydrogen) atoms. The molecule has 1 aliphatic carbocycles. The lowest BCUT2D eigenvalue weighted by atomic mass is 9.92. The van der Waals surface area contributed by atoms with E-state index in [1.54, 1.807) is 24.3 Å². The second kappa shape index (κ2) is 11.8. The van der Waals surface area contributed by atoms with Gasteiger partial charge in [-0.3, -0.25) is 9.12 Å². The number of hydrogen-bond acceptors (Lipinski definition) is 9. The number of pyridine rings is 1. The average Bonchev–Trinajstić information content (AvgIpc) is 3.37. The zero-order chi connectivity index (χ0) is 30.3. The molecular formula is C30H34ClN7O4S. The maximum Gasteiger partial charge on any atom is 0.264 e. The Bertz CT molecular complexity index is 1820. The molecule has 0 saturated carbocycles. The van der Waals surface area contributed by atoms with Gasteiger partial charge in [0.25, 0.3) is 10.0 Å². The minimum absolute atomic E-state index is 0.0502. The van der Waals surface area contributed by atoms with E-state index in [-0.39, 0.29) is 27.5 Å². The summed E-state index contributed by atoms with van der Waals surface area (Å²) in [5, 5.41) is 3.78. The molecule has 1 aliphatic heterocycles. The third kappa shape index (κ3) is 5.67. The normalized spacial score (nSPS) is 17.6. The van der Waals surface area contributed by atoms with Crippen molar-refractivity contribution in [2.45, 2.75) is 56.0 Å². The highest BCUT2D eigenvalue weighted by Crippen LogP contribution is 2.39. The predicted octanol–water partition coefficient (Wildman–Crippen LogP) is 4.88. The zero-order valence-electron chi connectivity index (χ0n) is 24.2. The molecule has 1 fully saturated rings. The van der Waals surface area contributed by atoms with Gasteiger partial charge in [0.1, 0.15) is 33.6 Å². The maximum atomic E-state index is 13.0. The number of nitrogen functional groups attached to an aromatic ring is 1. The number of nitrogens with one attached hydrogen (secondary N) is 2. The van der Waals surface area contributed by atoms with Crippen molar-refractivity contribution < 1.29 is 17.9 Å². The summed E-state index contributed by atoms with van der Waals surface area (Å²) < 4.78 is 41.6. The first kappa shape index (κ1) is 29.4. The Labute approximate surface area is 255 Å². The summed E-state index contributed by atoms with van der Waals surface area (Å²) in [5.41, 5.74) is 10.4. The Morgan fingerprint density at radius 3 is 2.58 bits per heavy atom. The summed E-state index contributed by atoms with van der Waals surface area (Å²) in [6.07, 6.45) is 6.91. The van der Waals surface area contributed by atoms with Crippen LogP contribution in [0.15, 0.2) is 53.6 Å². The summed E-state index contributed by atoms with van der Waals surface area (Å²) in [4.78, 5) is 14.0. The fourth-order valence-electron chi connectivity index (χ4n) is 5.54. The number of anilines is 2. The van der Waals surface area contributed by atoms with E-state index in [0.29, 0.717) is 34.7 Å². The summed E-state index contributed by atoms with van der Waals surface area (Å²) in [6, 6.07) is 10.3. The Balaban J connectivity index is 1.39. The van der Waals surface area contributed by atoms with E-state index in [1.165, 1.54) is 24.8 Å². The van der Waals surface area contributed by atoms with Crippen LogP contribution in [0.25, 0.3) is 22.3 Å². The fraction of sp³-hybridized carbons (Fsp3) is 0.367. The molecule has 4 N–H and O–H groups in total. The molecule has 0 amide bonds. The Morgan fingerprint density at radius 1 is 1.14 bits per heavy atom. The van der Waals surface area contributed by atoms with Gasteiger partial charge in [0.05, 0.1) is 48.8 Å². The molecule has 1 saturated heterocycles. The van der Waals surface area contributed by atoms with Gasteiger partial charge in [-0.15, -0.1) is 0 Å². The lowest BCUT2D eigenvalue weighted by molar-refractivity contribution is -0.0103. The van der Waals surface area contributed by atoms with Crippen molar-refractivity contribution in [3.8, 4) is 17.1 Å². The van der Waals surface area contributed by atoms with Crippen molar-refractivity contribution in [1.82, 2.24) is 24.7 Å². The number of nitrogens with two attached hydrogens (primary N) is 1. The average molecular weight is 624 g/mol. The molecule has 4 heterocycles. The molecule has 2 aliphatic rings. The van der Waals surface area contributed by atoms with Crippen LogP contribution < -0.4 is 20.5 Å². The molecule has 1 aromatic carbocycles. The number of aromatic nitrogens is 4. The van der Waals surface area contributed by atoms with Crippen LogP contribution in [0.3, 0.4) is 0 Å². The van der Waals surface area contributed by atoms with Crippen LogP contribution in [0.5, 0.6) is 5.88 Å². The number of methoxy groups -OCH3 is 1. The van der Waals surface area contributed by atoms with Crippen LogP contribution in [0.4, 0.5) is 11.6 Å². The van der Waals surface area contributed by atoms with Crippen LogP contribution in [-0.2, 0) is 14.8 Å². The molecule has 0 unspecified atom stereocenters. The predicted molar refractivity (Wildman–Crippen MR) is 167 cm³/mol. The number of sulfonamides is 1. The van der Waals surface area contributed by atoms with Crippen molar-refractivity contribution in [3.63, 3.8) is 0 Å². The monoisotopic (exact) mass is 623 g/mol. The van der Waals surface area contributed by atoms with Gasteiger partial charge in [0.15, 0.2) is 0 Å². The van der Waals surface area contributed by atoms with Crippen LogP contribution in [0.1, 0.15) is 50.5 Å². The highest BCUT2D eigenvalue weighted by molar-refractivity contribution is 7.92. The van der Waals surface area contributed by atoms with Crippen LogP contribution in [0, 0.1) is 0 Å². The number of imidazole rings is 1. The Morgan fingerprint density at radius 2 is 1.93 bits per heavy atom. The largest absolute Gasteiger partial charge is 0.480 e. The van der Waals surface area contributed by atoms with E-state index in [1.807, 2.05) is 6.20 Å². The minimum atomic E-state index is -3.99. The molecule has 226 valence electrons. The number of benzene rings is 1. The van der Waals surface area contributed by atoms with E-state index in [9.17, 15) is 8.42 Å². The quantitative estimate of drug-likeness (QED) is 0.237. The highest BCUT2D eigenvalue weighted by atomic mass is 35.5. The number of fused-ring (bicyclic) bond motifs is 1. The van der Waals surface area contributed by atoms with Gasteiger partial charge in [-0.2, -0.15) is 4.98 Å². The minimum Gasteiger partial charge on any atom is -0.480 e. The lowest BCUT2D eigenvalue weighted by Gasteiger charge is -2.33. The standard InChI is InChI=1S/C30H34ClN7O4S/c1-17(2)29-36-26(21-12-13-25(35-30(21)41-3)37-43(39,40)24-7-5-4-6-22(24)31)27-28(32)33-14-23(38(27)29)18-8-10-19(11-9-18)34-20-15-42-16-20/h4-8,12-14,17,19-20,34H,9-11,15-16H2,1-3H3,(H2,32,33)(H,35,37)/t19-/m1/s1. The van der Waals surface area contributed by atoms with Gasteiger partial charge in [-0.05, 0) is 49.1 Å². The third-order valence-electron chi connectivity index (χ3n) is 7.75. The molecule has 0 bridgehead atoms. The number of rotatable bonds is 9. The van der Waals surface area contributed by atoms with Gasteiger partial charge in [-0.25, -0.2) is 18.4 Å². The van der Waals surface area contributed by atoms with Crippen molar-refractivity contribution in [2.24, 2.45) is 0 Å². The van der Waals surface area contributed by atoms with Crippen molar-refractivity contribution in [2.75, 3.05) is 30.8 Å². The molecule has 0 spiro atoms. The number of ether oxygens (including phenoxy) is 2. The second-order valence-electron chi connectivity index (χ2n) is 11.1. The van der Waals surface area contributed by atoms with Crippen molar-refractivity contribution in [3.05, 3.63) is 65.2 Å². The molecule has 13 heteroatoms. The molecule has 1 atom stereocenters. The summed E-state index contributed by atoms with van der Waals surface area (Å²) in [5.74, 6) is 1.48. The molecule has 11 nitrogen and oxygen atoms in total. The molecule has 3 aromatic heterocycles. The first-order valence-corrected chi connectivity index (χ1v) is 16.0. The topological polar surface area (TPSA) is 146 Å². The number of nitrogens with zero attached hydrogens (tertiary/aromatic N) is 4. The molecule has 0 radical (unpaired) electrons. The van der Waals surface area contributed by atoms with Gasteiger partial charge < -0.3 is 20.5 Å². The number of halogens is 1. The first-order chi connectivity index (χ1) is 20.7. The highest BCUT2D eigenvalue weighted by Gasteiger charge is 2.28. The van der Waals surface area contributed by atoms with Crippen LogP contribution >= 0.6 is 11.6 Å². The van der Waals surface area contributed by atoms with E-state index in [2.05, 4.69) is 44.3 Å². The third-order valence-corrected chi connectivity index (χ3v) is 9.61. The maximum absolute atomic E-state index is 13.0. The molecule has 4 aromatic rings. The van der Waals surface area contributed by atoms with E-state index in [0.717, 1.165) is 44.0 Å². The fourth-order valence-corrected chi connectivity index (χ4v) is 7.06. The van der Waals surface area contributed by atoms with Crippen molar-refractivity contribution in [1.29, 1.82) is 0 Å². The zero-order valence-corrected chi connectivity index (χ0v) is 25.7. The van der Waals surface area contributed by atoms with Crippen LogP contribution in [-0.4, -0.2) is 60.2 Å². The summed E-state index contributed by atoms with van der Waals surface area (Å²) in [7, 11) is -2.52. The number of hydrogen-bond donors (Lipinski definition) is 3. The summed E-state index contributed by atoms with van der Waals surface area (Å²) in [6.45, 7) is 5.71. The van der Waals surface area contributed by atoms with Crippen molar-refractivity contribution >= 4 is 44.3 Å². The van der Waals surface area contributed by atoms with Gasteiger partial charge in [-0.1, -0.05) is 43.7 Å². The Hall–Kier alpha value is -3.71. The molecular weight excluding hydrogens is 590 g/mol. The second-order valence-corrected chi connectivity index (χ2v) is 13.1. The lowest BCUT2D eigenvalue weighted by Crippen LogP contribution is -2.50. The first-order valence-electron chi connectivity index (χ1n) is 14.2. The van der Waals surface area contributed by atoms with Gasteiger partial charge >= 0.3 is 0 Å².